The molecule has 3 heterocycles. The summed E-state index contributed by atoms with van der Waals surface area (Å²) in [5.74, 6) is 1.90. The number of carbonyl (C=O) groups is 1. The van der Waals surface area contributed by atoms with Crippen molar-refractivity contribution in [3.8, 4) is 22.6 Å². The minimum absolute atomic E-state index is 0.0231. The number of hydrogen-bond acceptors (Lipinski definition) is 7. The molecular formula is C25H29N5O3. The summed E-state index contributed by atoms with van der Waals surface area (Å²) >= 11 is 0. The van der Waals surface area contributed by atoms with Crippen LogP contribution in [-0.4, -0.2) is 60.6 Å². The molecule has 8 nitrogen and oxygen atoms in total. The number of likely N-dealkylation sites (tertiary alicyclic amines) is 1. The molecule has 1 saturated heterocycles. The lowest BCUT2D eigenvalue weighted by atomic mass is 9.92. The summed E-state index contributed by atoms with van der Waals surface area (Å²) in [5, 5.41) is 0. The predicted octanol–water partition coefficient (Wildman–Crippen LogP) is 3.99. The SMILES string of the molecule is COc1cccc(OC)c1-c1cnc(N(C)C)nc1[C@H]1CCCCN1C(=O)c1ccncc1. The number of benzene rings is 1. The maximum atomic E-state index is 13.5. The fraction of sp³-hybridized carbons (Fsp3) is 0.360. The van der Waals surface area contributed by atoms with E-state index in [2.05, 4.69) is 9.97 Å². The Labute approximate surface area is 194 Å². The third kappa shape index (κ3) is 4.46. The largest absolute Gasteiger partial charge is 0.496 e. The van der Waals surface area contributed by atoms with E-state index in [1.54, 1.807) is 38.7 Å². The first kappa shape index (κ1) is 22.5. The Kier molecular flexibility index (Phi) is 6.72. The fourth-order valence-corrected chi connectivity index (χ4v) is 4.28. The summed E-state index contributed by atoms with van der Waals surface area (Å²) in [6, 6.07) is 8.97. The van der Waals surface area contributed by atoms with Gasteiger partial charge in [0, 0.05) is 50.4 Å². The molecule has 0 aliphatic carbocycles. The molecule has 1 aliphatic heterocycles. The van der Waals surface area contributed by atoms with Gasteiger partial charge in [0.25, 0.3) is 5.91 Å². The zero-order valence-electron chi connectivity index (χ0n) is 19.5. The number of carbonyl (C=O) groups excluding carboxylic acids is 1. The van der Waals surface area contributed by atoms with Crippen molar-refractivity contribution in [1.29, 1.82) is 0 Å². The van der Waals surface area contributed by atoms with Crippen molar-refractivity contribution < 1.29 is 14.3 Å². The predicted molar refractivity (Wildman–Crippen MR) is 127 cm³/mol. The Balaban J connectivity index is 1.89. The van der Waals surface area contributed by atoms with E-state index in [0.717, 1.165) is 36.1 Å². The van der Waals surface area contributed by atoms with Gasteiger partial charge in [0.05, 0.1) is 31.5 Å². The molecule has 4 rings (SSSR count). The van der Waals surface area contributed by atoms with Crippen LogP contribution in [0.2, 0.25) is 0 Å². The number of piperidine rings is 1. The van der Waals surface area contributed by atoms with Crippen LogP contribution >= 0.6 is 0 Å². The van der Waals surface area contributed by atoms with Gasteiger partial charge in [0.2, 0.25) is 5.95 Å². The molecule has 0 saturated carbocycles. The number of amides is 1. The lowest BCUT2D eigenvalue weighted by molar-refractivity contribution is 0.0606. The smallest absolute Gasteiger partial charge is 0.254 e. The number of aromatic nitrogens is 3. The van der Waals surface area contributed by atoms with Crippen LogP contribution in [0.3, 0.4) is 0 Å². The summed E-state index contributed by atoms with van der Waals surface area (Å²) in [7, 11) is 7.08. The standard InChI is InChI=1S/C25H29N5O3/c1-29(2)25-27-16-18(22-20(32-3)9-7-10-21(22)33-4)23(28-25)19-8-5-6-15-30(19)24(31)17-11-13-26-14-12-17/h7,9-14,16,19H,5-6,8,15H2,1-4H3/t19-/m1/s1. The van der Waals surface area contributed by atoms with E-state index in [9.17, 15) is 4.79 Å². The van der Waals surface area contributed by atoms with E-state index in [1.165, 1.54) is 0 Å². The van der Waals surface area contributed by atoms with Gasteiger partial charge < -0.3 is 19.3 Å². The molecular weight excluding hydrogens is 418 g/mol. The molecule has 0 N–H and O–H groups in total. The molecule has 1 amide bonds. The van der Waals surface area contributed by atoms with Crippen molar-refractivity contribution in [1.82, 2.24) is 19.9 Å². The molecule has 0 radical (unpaired) electrons. The number of pyridine rings is 1. The Morgan fingerprint density at radius 1 is 1.06 bits per heavy atom. The van der Waals surface area contributed by atoms with Gasteiger partial charge in [-0.1, -0.05) is 6.07 Å². The van der Waals surface area contributed by atoms with Gasteiger partial charge in [-0.3, -0.25) is 9.78 Å². The molecule has 8 heteroatoms. The number of methoxy groups -OCH3 is 2. The van der Waals surface area contributed by atoms with Crippen LogP contribution in [0.15, 0.2) is 48.9 Å². The third-order valence-corrected chi connectivity index (χ3v) is 5.91. The Bertz CT molecular complexity index is 1100. The topological polar surface area (TPSA) is 80.7 Å². The van der Waals surface area contributed by atoms with E-state index >= 15 is 0 Å². The van der Waals surface area contributed by atoms with Gasteiger partial charge in [-0.25, -0.2) is 9.97 Å². The number of hydrogen-bond donors (Lipinski definition) is 0. The fourth-order valence-electron chi connectivity index (χ4n) is 4.28. The van der Waals surface area contributed by atoms with Crippen LogP contribution in [-0.2, 0) is 0 Å². The minimum Gasteiger partial charge on any atom is -0.496 e. The van der Waals surface area contributed by atoms with E-state index in [0.29, 0.717) is 29.6 Å². The van der Waals surface area contributed by atoms with Gasteiger partial charge in [0.15, 0.2) is 0 Å². The highest BCUT2D eigenvalue weighted by atomic mass is 16.5. The highest BCUT2D eigenvalue weighted by Gasteiger charge is 2.33. The average Bonchev–Trinajstić information content (AvgIpc) is 2.87. The van der Waals surface area contributed by atoms with Gasteiger partial charge >= 0.3 is 0 Å². The first-order valence-corrected chi connectivity index (χ1v) is 11.0. The van der Waals surface area contributed by atoms with E-state index in [1.807, 2.05) is 48.3 Å². The maximum absolute atomic E-state index is 13.5. The molecule has 1 atom stereocenters. The molecule has 1 aliphatic rings. The second-order valence-electron chi connectivity index (χ2n) is 8.15. The molecule has 1 aromatic carbocycles. The lowest BCUT2D eigenvalue weighted by Gasteiger charge is -2.36. The number of nitrogens with zero attached hydrogens (tertiary/aromatic N) is 5. The summed E-state index contributed by atoms with van der Waals surface area (Å²) in [6.07, 6.45) is 7.87. The Morgan fingerprint density at radius 3 is 2.39 bits per heavy atom. The van der Waals surface area contributed by atoms with Crippen molar-refractivity contribution in [3.05, 3.63) is 60.2 Å². The number of ether oxygens (including phenoxy) is 2. The van der Waals surface area contributed by atoms with Crippen molar-refractivity contribution in [2.24, 2.45) is 0 Å². The molecule has 172 valence electrons. The van der Waals surface area contributed by atoms with Crippen molar-refractivity contribution in [3.63, 3.8) is 0 Å². The summed E-state index contributed by atoms with van der Waals surface area (Å²) < 4.78 is 11.3. The Hall–Kier alpha value is -3.68. The van der Waals surface area contributed by atoms with E-state index in [-0.39, 0.29) is 11.9 Å². The highest BCUT2D eigenvalue weighted by Crippen LogP contribution is 2.43. The van der Waals surface area contributed by atoms with Crippen molar-refractivity contribution in [2.45, 2.75) is 25.3 Å². The van der Waals surface area contributed by atoms with Crippen LogP contribution < -0.4 is 14.4 Å². The van der Waals surface area contributed by atoms with Crippen molar-refractivity contribution in [2.75, 3.05) is 39.8 Å². The summed E-state index contributed by atoms with van der Waals surface area (Å²) in [4.78, 5) is 30.9. The van der Waals surface area contributed by atoms with E-state index < -0.39 is 0 Å². The minimum atomic E-state index is -0.203. The first-order valence-electron chi connectivity index (χ1n) is 11.0. The molecule has 3 aromatic rings. The highest BCUT2D eigenvalue weighted by molar-refractivity contribution is 5.94. The van der Waals surface area contributed by atoms with Crippen molar-refractivity contribution >= 4 is 11.9 Å². The van der Waals surface area contributed by atoms with Crippen LogP contribution in [0.25, 0.3) is 11.1 Å². The molecule has 0 unspecified atom stereocenters. The van der Waals surface area contributed by atoms with Crippen LogP contribution in [0, 0.1) is 0 Å². The van der Waals surface area contributed by atoms with Gasteiger partial charge in [-0.05, 0) is 43.5 Å². The quantitative estimate of drug-likeness (QED) is 0.565. The second kappa shape index (κ2) is 9.85. The maximum Gasteiger partial charge on any atom is 0.254 e. The normalized spacial score (nSPS) is 15.8. The zero-order chi connectivity index (χ0) is 23.4. The van der Waals surface area contributed by atoms with Crippen LogP contribution in [0.4, 0.5) is 5.95 Å². The summed E-state index contributed by atoms with van der Waals surface area (Å²) in [5.41, 5.74) is 2.99. The Morgan fingerprint density at radius 2 is 1.76 bits per heavy atom. The summed E-state index contributed by atoms with van der Waals surface area (Å²) in [6.45, 7) is 0.662. The molecule has 33 heavy (non-hydrogen) atoms. The number of rotatable bonds is 6. The van der Waals surface area contributed by atoms with Gasteiger partial charge in [0.1, 0.15) is 11.5 Å². The molecule has 0 bridgehead atoms. The van der Waals surface area contributed by atoms with Crippen LogP contribution in [0.1, 0.15) is 41.4 Å². The number of anilines is 1. The molecule has 0 spiro atoms. The zero-order valence-corrected chi connectivity index (χ0v) is 19.5. The lowest BCUT2D eigenvalue weighted by Crippen LogP contribution is -2.39. The molecule has 2 aromatic heterocycles. The van der Waals surface area contributed by atoms with Crippen LogP contribution in [0.5, 0.6) is 11.5 Å². The average molecular weight is 448 g/mol. The molecule has 1 fully saturated rings. The monoisotopic (exact) mass is 447 g/mol. The first-order chi connectivity index (χ1) is 16.0. The van der Waals surface area contributed by atoms with Gasteiger partial charge in [-0.2, -0.15) is 0 Å². The second-order valence-corrected chi connectivity index (χ2v) is 8.15. The van der Waals surface area contributed by atoms with Gasteiger partial charge in [-0.15, -0.1) is 0 Å². The van der Waals surface area contributed by atoms with E-state index in [4.69, 9.17) is 14.5 Å². The third-order valence-electron chi connectivity index (χ3n) is 5.91.